The van der Waals surface area contributed by atoms with E-state index in [0.717, 1.165) is 12.5 Å². The van der Waals surface area contributed by atoms with Crippen LogP contribution in [0.4, 0.5) is 5.69 Å². The van der Waals surface area contributed by atoms with E-state index in [0.29, 0.717) is 5.92 Å². The summed E-state index contributed by atoms with van der Waals surface area (Å²) in [5.41, 5.74) is 2.48. The van der Waals surface area contributed by atoms with Gasteiger partial charge in [0.15, 0.2) is 0 Å². The van der Waals surface area contributed by atoms with Crippen LogP contribution in [0.5, 0.6) is 0 Å². The maximum atomic E-state index is 4.24. The zero-order chi connectivity index (χ0) is 9.97. The van der Waals surface area contributed by atoms with E-state index in [-0.39, 0.29) is 0 Å². The van der Waals surface area contributed by atoms with Gasteiger partial charge in [-0.3, -0.25) is 4.98 Å². The molecule has 1 aromatic heterocycles. The van der Waals surface area contributed by atoms with E-state index in [4.69, 9.17) is 0 Å². The van der Waals surface area contributed by atoms with Crippen LogP contribution in [-0.2, 0) is 0 Å². The fourth-order valence-electron chi connectivity index (χ4n) is 1.45. The molecule has 0 saturated heterocycles. The molecule has 0 bridgehead atoms. The summed E-state index contributed by atoms with van der Waals surface area (Å²) < 4.78 is 0. The van der Waals surface area contributed by atoms with Crippen LogP contribution in [0.1, 0.15) is 38.2 Å². The molecule has 14 heavy (non-hydrogen) atoms. The number of nitrogens with zero attached hydrogens (tertiary/aromatic N) is 1. The highest BCUT2D eigenvalue weighted by atomic mass is 14.9. The molecule has 1 aliphatic carbocycles. The van der Waals surface area contributed by atoms with E-state index in [2.05, 4.69) is 30.2 Å². The molecule has 0 unspecified atom stereocenters. The van der Waals surface area contributed by atoms with Gasteiger partial charge in [-0.2, -0.15) is 0 Å². The normalized spacial score (nSPS) is 15.9. The van der Waals surface area contributed by atoms with Gasteiger partial charge in [0.25, 0.3) is 0 Å². The Balaban J connectivity index is 1.97. The van der Waals surface area contributed by atoms with Crippen LogP contribution in [0.25, 0.3) is 0 Å². The molecule has 1 saturated carbocycles. The van der Waals surface area contributed by atoms with Crippen molar-refractivity contribution in [3.05, 3.63) is 24.0 Å². The second-order valence-corrected chi connectivity index (χ2v) is 4.49. The Morgan fingerprint density at radius 3 is 2.86 bits per heavy atom. The van der Waals surface area contributed by atoms with Crippen molar-refractivity contribution < 1.29 is 0 Å². The van der Waals surface area contributed by atoms with Crippen LogP contribution in [0.2, 0.25) is 0 Å². The van der Waals surface area contributed by atoms with Gasteiger partial charge >= 0.3 is 0 Å². The standard InChI is InChI=1S/C12H18N2/c1-9(2)11-5-12(8-13-7-11)14-6-10-3-4-10/h5,7-10,14H,3-4,6H2,1-2H3. The molecule has 76 valence electrons. The van der Waals surface area contributed by atoms with Crippen LogP contribution in [0.3, 0.4) is 0 Å². The summed E-state index contributed by atoms with van der Waals surface area (Å²) in [7, 11) is 0. The van der Waals surface area contributed by atoms with Crippen molar-refractivity contribution in [3.63, 3.8) is 0 Å². The predicted molar refractivity (Wildman–Crippen MR) is 59.5 cm³/mol. The van der Waals surface area contributed by atoms with E-state index in [1.807, 2.05) is 12.4 Å². The fraction of sp³-hybridized carbons (Fsp3) is 0.583. The molecule has 1 N–H and O–H groups in total. The van der Waals surface area contributed by atoms with E-state index in [9.17, 15) is 0 Å². The number of hydrogen-bond acceptors (Lipinski definition) is 2. The Labute approximate surface area is 85.7 Å². The average molecular weight is 190 g/mol. The summed E-state index contributed by atoms with van der Waals surface area (Å²) in [6, 6.07) is 2.21. The quantitative estimate of drug-likeness (QED) is 0.789. The summed E-state index contributed by atoms with van der Waals surface area (Å²) >= 11 is 0. The molecule has 0 aliphatic heterocycles. The second-order valence-electron chi connectivity index (χ2n) is 4.49. The summed E-state index contributed by atoms with van der Waals surface area (Å²) in [5.74, 6) is 1.47. The van der Waals surface area contributed by atoms with Gasteiger partial charge in [-0.05, 0) is 36.3 Å². The highest BCUT2D eigenvalue weighted by molar-refractivity contribution is 5.43. The van der Waals surface area contributed by atoms with Crippen LogP contribution in [0, 0.1) is 5.92 Å². The summed E-state index contributed by atoms with van der Waals surface area (Å²) in [6.07, 6.45) is 6.65. The molecule has 1 fully saturated rings. The molecule has 0 radical (unpaired) electrons. The molecule has 2 nitrogen and oxygen atoms in total. The number of rotatable bonds is 4. The largest absolute Gasteiger partial charge is 0.384 e. The van der Waals surface area contributed by atoms with Crippen molar-refractivity contribution in [2.24, 2.45) is 5.92 Å². The number of aromatic nitrogens is 1. The third kappa shape index (κ3) is 2.47. The van der Waals surface area contributed by atoms with Crippen LogP contribution in [-0.4, -0.2) is 11.5 Å². The first-order valence-electron chi connectivity index (χ1n) is 5.44. The molecule has 0 aromatic carbocycles. The third-order valence-corrected chi connectivity index (χ3v) is 2.72. The Bertz CT molecular complexity index is 303. The van der Waals surface area contributed by atoms with Crippen LogP contribution >= 0.6 is 0 Å². The highest BCUT2D eigenvalue weighted by Crippen LogP contribution is 2.29. The Hall–Kier alpha value is -1.05. The lowest BCUT2D eigenvalue weighted by Gasteiger charge is -2.08. The number of nitrogens with one attached hydrogen (secondary N) is 1. The molecule has 1 aromatic rings. The second kappa shape index (κ2) is 3.99. The predicted octanol–water partition coefficient (Wildman–Crippen LogP) is 3.03. The molecular weight excluding hydrogens is 172 g/mol. The molecule has 0 spiro atoms. The number of pyridine rings is 1. The molecule has 1 aliphatic rings. The monoisotopic (exact) mass is 190 g/mol. The molecule has 0 atom stereocenters. The van der Waals surface area contributed by atoms with Gasteiger partial charge in [-0.15, -0.1) is 0 Å². The first-order chi connectivity index (χ1) is 6.75. The van der Waals surface area contributed by atoms with E-state index >= 15 is 0 Å². The summed E-state index contributed by atoms with van der Waals surface area (Å²) in [5, 5.41) is 3.44. The van der Waals surface area contributed by atoms with E-state index < -0.39 is 0 Å². The SMILES string of the molecule is CC(C)c1cncc(NCC2CC2)c1. The van der Waals surface area contributed by atoms with Crippen LogP contribution < -0.4 is 5.32 Å². The average Bonchev–Trinajstić information content (AvgIpc) is 2.99. The number of anilines is 1. The lowest BCUT2D eigenvalue weighted by molar-refractivity contribution is 0.853. The Morgan fingerprint density at radius 2 is 2.21 bits per heavy atom. The van der Waals surface area contributed by atoms with Gasteiger partial charge in [0.05, 0.1) is 5.69 Å². The highest BCUT2D eigenvalue weighted by Gasteiger charge is 2.20. The minimum atomic E-state index is 0.560. The summed E-state index contributed by atoms with van der Waals surface area (Å²) in [4.78, 5) is 4.24. The van der Waals surface area contributed by atoms with Gasteiger partial charge in [0, 0.05) is 18.9 Å². The minimum Gasteiger partial charge on any atom is -0.384 e. The first-order valence-corrected chi connectivity index (χ1v) is 5.44. The van der Waals surface area contributed by atoms with Crippen molar-refractivity contribution >= 4 is 5.69 Å². The lowest BCUT2D eigenvalue weighted by atomic mass is 10.1. The van der Waals surface area contributed by atoms with Crippen LogP contribution in [0.15, 0.2) is 18.5 Å². The van der Waals surface area contributed by atoms with Gasteiger partial charge < -0.3 is 5.32 Å². The van der Waals surface area contributed by atoms with Crippen molar-refractivity contribution in [3.8, 4) is 0 Å². The summed E-state index contributed by atoms with van der Waals surface area (Å²) in [6.45, 7) is 5.51. The van der Waals surface area contributed by atoms with Gasteiger partial charge in [-0.1, -0.05) is 13.8 Å². The first kappa shape index (κ1) is 9.50. The zero-order valence-electron chi connectivity index (χ0n) is 8.96. The third-order valence-electron chi connectivity index (χ3n) is 2.72. The Kier molecular flexibility index (Phi) is 2.71. The molecule has 0 amide bonds. The molecule has 2 heteroatoms. The van der Waals surface area contributed by atoms with E-state index in [1.54, 1.807) is 0 Å². The number of hydrogen-bond donors (Lipinski definition) is 1. The van der Waals surface area contributed by atoms with Gasteiger partial charge in [0.2, 0.25) is 0 Å². The van der Waals surface area contributed by atoms with Crippen molar-refractivity contribution in [2.75, 3.05) is 11.9 Å². The Morgan fingerprint density at radius 1 is 1.43 bits per heavy atom. The fourth-order valence-corrected chi connectivity index (χ4v) is 1.45. The minimum absolute atomic E-state index is 0.560. The molecular formula is C12H18N2. The van der Waals surface area contributed by atoms with Crippen molar-refractivity contribution in [1.82, 2.24) is 4.98 Å². The lowest BCUT2D eigenvalue weighted by Crippen LogP contribution is -2.04. The van der Waals surface area contributed by atoms with Crippen molar-refractivity contribution in [2.45, 2.75) is 32.6 Å². The zero-order valence-corrected chi connectivity index (χ0v) is 8.96. The topological polar surface area (TPSA) is 24.9 Å². The molecule has 2 rings (SSSR count). The maximum Gasteiger partial charge on any atom is 0.0529 e. The van der Waals surface area contributed by atoms with Gasteiger partial charge in [0.1, 0.15) is 0 Å². The maximum absolute atomic E-state index is 4.24. The molecule has 1 heterocycles. The van der Waals surface area contributed by atoms with Gasteiger partial charge in [-0.25, -0.2) is 0 Å². The van der Waals surface area contributed by atoms with Crippen molar-refractivity contribution in [1.29, 1.82) is 0 Å². The smallest absolute Gasteiger partial charge is 0.0529 e. The van der Waals surface area contributed by atoms with E-state index in [1.165, 1.54) is 24.1 Å².